The van der Waals surface area contributed by atoms with E-state index in [1.807, 2.05) is 6.07 Å². The lowest BCUT2D eigenvalue weighted by Crippen LogP contribution is -2.11. The van der Waals surface area contributed by atoms with Gasteiger partial charge in [0.15, 0.2) is 0 Å². The number of nitrogens with one attached hydrogen (secondary N) is 1. The van der Waals surface area contributed by atoms with Gasteiger partial charge >= 0.3 is 6.18 Å². The van der Waals surface area contributed by atoms with E-state index in [0.29, 0.717) is 16.9 Å². The summed E-state index contributed by atoms with van der Waals surface area (Å²) in [6, 6.07) is 10.6. The molecule has 0 saturated heterocycles. The zero-order valence-corrected chi connectivity index (χ0v) is 16.2. The molecule has 0 saturated carbocycles. The number of nitriles is 1. The molecule has 0 heterocycles. The average Bonchev–Trinajstić information content (AvgIpc) is 2.69. The molecule has 0 amide bonds. The summed E-state index contributed by atoms with van der Waals surface area (Å²) in [4.78, 5) is 3.88. The largest absolute Gasteiger partial charge is 0.497 e. The van der Waals surface area contributed by atoms with E-state index in [4.69, 9.17) is 9.47 Å². The van der Waals surface area contributed by atoms with Gasteiger partial charge in [-0.3, -0.25) is 4.99 Å². The summed E-state index contributed by atoms with van der Waals surface area (Å²) in [5.41, 5.74) is 0.883. The van der Waals surface area contributed by atoms with Gasteiger partial charge in [-0.05, 0) is 31.8 Å². The van der Waals surface area contributed by atoms with Gasteiger partial charge in [-0.25, -0.2) is 0 Å². The quantitative estimate of drug-likeness (QED) is 0.537. The summed E-state index contributed by atoms with van der Waals surface area (Å²) in [6.45, 7) is 4.89. The van der Waals surface area contributed by atoms with Crippen LogP contribution in [0.15, 0.2) is 47.1 Å². The number of aryl methyl sites for hydroxylation is 1. The molecule has 0 aromatic heterocycles. The Hall–Kier alpha value is -3.47. The fraction of sp³-hybridized carbons (Fsp3) is 0.238. The topological polar surface area (TPSA) is 66.6 Å². The summed E-state index contributed by atoms with van der Waals surface area (Å²) in [5, 5.41) is 12.0. The van der Waals surface area contributed by atoms with Gasteiger partial charge in [-0.2, -0.15) is 18.4 Å². The third kappa shape index (κ3) is 5.29. The Morgan fingerprint density at radius 2 is 1.90 bits per heavy atom. The van der Waals surface area contributed by atoms with Gasteiger partial charge in [0.25, 0.3) is 0 Å². The minimum absolute atomic E-state index is 0.0208. The lowest BCUT2D eigenvalue weighted by atomic mass is 10.0. The first kappa shape index (κ1) is 21.8. The molecule has 152 valence electrons. The lowest BCUT2D eigenvalue weighted by Gasteiger charge is -2.16. The Balaban J connectivity index is 2.43. The molecule has 1 N–H and O–H groups in total. The number of rotatable bonds is 7. The Morgan fingerprint density at radius 3 is 2.45 bits per heavy atom. The van der Waals surface area contributed by atoms with Crippen LogP contribution in [-0.4, -0.2) is 20.9 Å². The van der Waals surface area contributed by atoms with Crippen LogP contribution in [-0.2, 0) is 12.8 Å². The monoisotopic (exact) mass is 403 g/mol. The average molecular weight is 403 g/mol. The summed E-state index contributed by atoms with van der Waals surface area (Å²) in [6.07, 6.45) is -4.48. The van der Waals surface area contributed by atoms with Crippen molar-refractivity contribution in [3.05, 3.63) is 64.3 Å². The van der Waals surface area contributed by atoms with Gasteiger partial charge < -0.3 is 14.8 Å². The molecule has 0 bridgehead atoms. The minimum atomic E-state index is -4.48. The molecule has 29 heavy (non-hydrogen) atoms. The highest BCUT2D eigenvalue weighted by Crippen LogP contribution is 2.34. The molecular formula is C21H20F3N3O2. The number of ether oxygens (including phenoxy) is 2. The minimum Gasteiger partial charge on any atom is -0.497 e. The second-order valence-electron chi connectivity index (χ2n) is 6.09. The van der Waals surface area contributed by atoms with Crippen LogP contribution in [0, 0.1) is 18.3 Å². The van der Waals surface area contributed by atoms with Gasteiger partial charge in [0.05, 0.1) is 12.7 Å². The van der Waals surface area contributed by atoms with Crippen LogP contribution in [0.1, 0.15) is 22.3 Å². The number of alkyl halides is 3. The van der Waals surface area contributed by atoms with Crippen molar-refractivity contribution in [2.75, 3.05) is 14.2 Å². The molecule has 0 fully saturated rings. The zero-order valence-electron chi connectivity index (χ0n) is 16.2. The van der Waals surface area contributed by atoms with Crippen LogP contribution in [0.25, 0.3) is 5.70 Å². The van der Waals surface area contributed by atoms with Crippen molar-refractivity contribution in [1.82, 2.24) is 5.32 Å². The van der Waals surface area contributed by atoms with E-state index in [0.717, 1.165) is 6.07 Å². The maximum Gasteiger partial charge on any atom is 0.416 e. The molecule has 8 heteroatoms. The SMILES string of the molecule is C=N/C(=C(/C#N)NC)c1cc(OC)cc(OCc2cc(C)ccc2C(F)(F)F)c1. The Kier molecular flexibility index (Phi) is 6.89. The van der Waals surface area contributed by atoms with Crippen LogP contribution in [0.5, 0.6) is 11.5 Å². The van der Waals surface area contributed by atoms with Crippen LogP contribution in [0.4, 0.5) is 13.2 Å². The smallest absolute Gasteiger partial charge is 0.416 e. The molecule has 2 aromatic carbocycles. The molecule has 2 rings (SSSR count). The van der Waals surface area contributed by atoms with Crippen LogP contribution in [0.2, 0.25) is 0 Å². The summed E-state index contributed by atoms with van der Waals surface area (Å²) in [5.74, 6) is 0.663. The molecule has 0 aliphatic carbocycles. The predicted octanol–water partition coefficient (Wildman–Crippen LogP) is 4.71. The number of halogens is 3. The van der Waals surface area contributed by atoms with Gasteiger partial charge in [-0.1, -0.05) is 17.7 Å². The number of aliphatic imine (C=N–C) groups is 1. The van der Waals surface area contributed by atoms with Gasteiger partial charge in [0, 0.05) is 24.2 Å². The van der Waals surface area contributed by atoms with Gasteiger partial charge in [0.2, 0.25) is 0 Å². The van der Waals surface area contributed by atoms with Crippen molar-refractivity contribution < 1.29 is 22.6 Å². The van der Waals surface area contributed by atoms with E-state index in [2.05, 4.69) is 17.0 Å². The maximum absolute atomic E-state index is 13.3. The third-order valence-electron chi connectivity index (χ3n) is 4.11. The molecule has 0 unspecified atom stereocenters. The van der Waals surface area contributed by atoms with Gasteiger partial charge in [-0.15, -0.1) is 0 Å². The second-order valence-corrected chi connectivity index (χ2v) is 6.09. The second kappa shape index (κ2) is 9.15. The van der Waals surface area contributed by atoms with Crippen molar-refractivity contribution >= 4 is 12.4 Å². The maximum atomic E-state index is 13.3. The van der Waals surface area contributed by atoms with Crippen molar-refractivity contribution in [3.8, 4) is 17.6 Å². The fourth-order valence-electron chi connectivity index (χ4n) is 2.73. The van der Waals surface area contributed by atoms with Crippen molar-refractivity contribution in [1.29, 1.82) is 5.26 Å². The standard InChI is InChI=1S/C21H20F3N3O2/c1-13-5-6-18(21(22,23)24)15(7-13)12-29-17-9-14(8-16(10-17)28-4)20(27-3)19(11-25)26-2/h5-10,26H,3,12H2,1-2,4H3/b20-19-. The van der Waals surface area contributed by atoms with Gasteiger partial charge in [0.1, 0.15) is 35.6 Å². The van der Waals surface area contributed by atoms with Crippen LogP contribution < -0.4 is 14.8 Å². The first-order valence-corrected chi connectivity index (χ1v) is 8.51. The Bertz CT molecular complexity index is 976. The highest BCUT2D eigenvalue weighted by molar-refractivity contribution is 5.74. The number of allylic oxidation sites excluding steroid dienone is 1. The number of hydrogen-bond donors (Lipinski definition) is 1. The first-order valence-electron chi connectivity index (χ1n) is 8.51. The normalized spacial score (nSPS) is 11.9. The summed E-state index contributed by atoms with van der Waals surface area (Å²) >= 11 is 0. The summed E-state index contributed by atoms with van der Waals surface area (Å²) < 4.78 is 50.7. The number of nitrogens with zero attached hydrogens (tertiary/aromatic N) is 2. The lowest BCUT2D eigenvalue weighted by molar-refractivity contribution is -0.138. The van der Waals surface area contributed by atoms with Crippen molar-refractivity contribution in [2.24, 2.45) is 4.99 Å². The van der Waals surface area contributed by atoms with Crippen LogP contribution in [0.3, 0.4) is 0 Å². The Morgan fingerprint density at radius 1 is 1.21 bits per heavy atom. The Labute approximate surface area is 167 Å². The highest BCUT2D eigenvalue weighted by atomic mass is 19.4. The van der Waals surface area contributed by atoms with Crippen molar-refractivity contribution in [3.63, 3.8) is 0 Å². The van der Waals surface area contributed by atoms with E-state index in [1.165, 1.54) is 19.2 Å². The number of methoxy groups -OCH3 is 1. The summed E-state index contributed by atoms with van der Waals surface area (Å²) in [7, 11) is 3.01. The highest BCUT2D eigenvalue weighted by Gasteiger charge is 2.33. The van der Waals surface area contributed by atoms with E-state index >= 15 is 0 Å². The molecule has 0 radical (unpaired) electrons. The number of benzene rings is 2. The molecular weight excluding hydrogens is 383 g/mol. The molecule has 0 aliphatic rings. The molecule has 5 nitrogen and oxygen atoms in total. The van der Waals surface area contributed by atoms with E-state index < -0.39 is 11.7 Å². The fourth-order valence-corrected chi connectivity index (χ4v) is 2.73. The van der Waals surface area contributed by atoms with Crippen molar-refractivity contribution in [2.45, 2.75) is 19.7 Å². The first-order chi connectivity index (χ1) is 13.7. The third-order valence-corrected chi connectivity index (χ3v) is 4.11. The van der Waals surface area contributed by atoms with Crippen LogP contribution >= 0.6 is 0 Å². The number of hydrogen-bond acceptors (Lipinski definition) is 5. The van der Waals surface area contributed by atoms with E-state index in [1.54, 1.807) is 32.2 Å². The van der Waals surface area contributed by atoms with E-state index in [9.17, 15) is 18.4 Å². The van der Waals surface area contributed by atoms with E-state index in [-0.39, 0.29) is 29.3 Å². The molecule has 0 aliphatic heterocycles. The molecule has 2 aromatic rings. The predicted molar refractivity (Wildman–Crippen MR) is 105 cm³/mol. The molecule has 0 spiro atoms. The zero-order chi connectivity index (χ0) is 21.6. The molecule has 0 atom stereocenters.